The number of nitrogens with one attached hydrogen (secondary N) is 3. The second-order valence-electron chi connectivity index (χ2n) is 7.50. The van der Waals surface area contributed by atoms with Crippen LogP contribution in [0.1, 0.15) is 24.8 Å². The number of amides is 4. The molecular weight excluding hydrogens is 466 g/mol. The van der Waals surface area contributed by atoms with Crippen LogP contribution in [0.25, 0.3) is 0 Å². The van der Waals surface area contributed by atoms with E-state index in [-0.39, 0.29) is 31.4 Å². The van der Waals surface area contributed by atoms with Gasteiger partial charge >= 0.3 is 5.97 Å². The highest BCUT2D eigenvalue weighted by atomic mass is 32.2. The van der Waals surface area contributed by atoms with Crippen LogP contribution >= 0.6 is 11.8 Å². The molecule has 0 saturated carbocycles. The normalized spacial score (nSPS) is 13.2. The number of phenols is 1. The summed E-state index contributed by atoms with van der Waals surface area (Å²) >= 11 is 1.44. The van der Waals surface area contributed by atoms with E-state index >= 15 is 0 Å². The van der Waals surface area contributed by atoms with Gasteiger partial charge in [0.2, 0.25) is 23.6 Å². The fourth-order valence-electron chi connectivity index (χ4n) is 2.81. The number of hydrogen-bond acceptors (Lipinski definition) is 8. The van der Waals surface area contributed by atoms with Crippen LogP contribution in [0.5, 0.6) is 5.75 Å². The van der Waals surface area contributed by atoms with Gasteiger partial charge in [-0.15, -0.1) is 0 Å². The first kappa shape index (κ1) is 28.7. The van der Waals surface area contributed by atoms with Crippen molar-refractivity contribution in [2.24, 2.45) is 11.5 Å². The lowest BCUT2D eigenvalue weighted by atomic mass is 10.0. The number of thioether (sulfide) groups is 1. The van der Waals surface area contributed by atoms with Crippen LogP contribution in [0.2, 0.25) is 0 Å². The molecule has 1 aromatic rings. The number of hydrogen-bond donors (Lipinski definition) is 7. The number of carbonyl (C=O) groups is 5. The SMILES string of the molecule is CSCCC(NC(=O)CNC(=O)C(Cc1ccc(O)cc1)NC(=O)C(N)CCC(N)=O)C(=O)O. The van der Waals surface area contributed by atoms with Gasteiger partial charge in [-0.1, -0.05) is 12.1 Å². The average molecular weight is 498 g/mol. The number of carboxylic acid groups (broad SMARTS) is 1. The van der Waals surface area contributed by atoms with E-state index in [1.807, 2.05) is 6.26 Å². The minimum atomic E-state index is -1.18. The first-order valence-electron chi connectivity index (χ1n) is 10.4. The maximum absolute atomic E-state index is 12.7. The number of carbonyl (C=O) groups excluding carboxylic acids is 4. The van der Waals surface area contributed by atoms with E-state index in [4.69, 9.17) is 11.5 Å². The highest BCUT2D eigenvalue weighted by Crippen LogP contribution is 2.12. The van der Waals surface area contributed by atoms with Crippen LogP contribution in [-0.2, 0) is 30.4 Å². The second kappa shape index (κ2) is 14.8. The van der Waals surface area contributed by atoms with E-state index in [9.17, 15) is 34.2 Å². The molecular formula is C21H31N5O7S. The van der Waals surface area contributed by atoms with Gasteiger partial charge in [0, 0.05) is 12.8 Å². The van der Waals surface area contributed by atoms with E-state index in [0.717, 1.165) is 0 Å². The molecule has 3 atom stereocenters. The molecule has 0 aliphatic rings. The molecule has 0 saturated heterocycles. The Morgan fingerprint density at radius 1 is 1.00 bits per heavy atom. The lowest BCUT2D eigenvalue weighted by Gasteiger charge is -2.21. The van der Waals surface area contributed by atoms with Crippen molar-refractivity contribution in [2.75, 3.05) is 18.6 Å². The Morgan fingerprint density at radius 2 is 1.65 bits per heavy atom. The Hall–Kier alpha value is -3.32. The van der Waals surface area contributed by atoms with Crippen molar-refractivity contribution in [3.63, 3.8) is 0 Å². The summed E-state index contributed by atoms with van der Waals surface area (Å²) in [5, 5.41) is 25.9. The summed E-state index contributed by atoms with van der Waals surface area (Å²) < 4.78 is 0. The predicted octanol–water partition coefficient (Wildman–Crippen LogP) is -1.55. The highest BCUT2D eigenvalue weighted by Gasteiger charge is 2.25. The van der Waals surface area contributed by atoms with Crippen molar-refractivity contribution in [3.8, 4) is 5.75 Å². The molecule has 0 heterocycles. The molecule has 1 rings (SSSR count). The highest BCUT2D eigenvalue weighted by molar-refractivity contribution is 7.98. The van der Waals surface area contributed by atoms with Gasteiger partial charge in [0.05, 0.1) is 12.6 Å². The Labute approximate surface area is 201 Å². The largest absolute Gasteiger partial charge is 0.508 e. The molecule has 0 aromatic heterocycles. The van der Waals surface area contributed by atoms with Crippen LogP contribution in [-0.4, -0.2) is 76.5 Å². The molecule has 0 aliphatic heterocycles. The summed E-state index contributed by atoms with van der Waals surface area (Å²) in [6.07, 6.45) is 1.93. The molecule has 3 unspecified atom stereocenters. The molecule has 0 aliphatic carbocycles. The quantitative estimate of drug-likeness (QED) is 0.149. The first-order chi connectivity index (χ1) is 16.0. The smallest absolute Gasteiger partial charge is 0.326 e. The van der Waals surface area contributed by atoms with Gasteiger partial charge in [-0.2, -0.15) is 11.8 Å². The lowest BCUT2D eigenvalue weighted by Crippen LogP contribution is -2.54. The third kappa shape index (κ3) is 11.0. The maximum atomic E-state index is 12.7. The fourth-order valence-corrected chi connectivity index (χ4v) is 3.29. The Balaban J connectivity index is 2.81. The summed E-state index contributed by atoms with van der Waals surface area (Å²) in [7, 11) is 0. The van der Waals surface area contributed by atoms with Gasteiger partial charge < -0.3 is 37.6 Å². The van der Waals surface area contributed by atoms with Gasteiger partial charge in [-0.05, 0) is 42.5 Å². The molecule has 12 nitrogen and oxygen atoms in total. The van der Waals surface area contributed by atoms with E-state index in [1.165, 1.54) is 23.9 Å². The van der Waals surface area contributed by atoms with E-state index in [1.54, 1.807) is 12.1 Å². The number of carboxylic acids is 1. The Bertz CT molecular complexity index is 866. The van der Waals surface area contributed by atoms with Crippen LogP contribution in [0.4, 0.5) is 0 Å². The fraction of sp³-hybridized carbons (Fsp3) is 0.476. The zero-order valence-electron chi connectivity index (χ0n) is 18.8. The van der Waals surface area contributed by atoms with Crippen molar-refractivity contribution < 1.29 is 34.2 Å². The Morgan fingerprint density at radius 3 is 2.21 bits per heavy atom. The molecule has 13 heteroatoms. The summed E-state index contributed by atoms with van der Waals surface area (Å²) in [4.78, 5) is 59.5. The van der Waals surface area contributed by atoms with Crippen molar-refractivity contribution in [1.82, 2.24) is 16.0 Å². The molecule has 0 bridgehead atoms. The molecule has 4 amide bonds. The van der Waals surface area contributed by atoms with E-state index < -0.39 is 54.3 Å². The minimum absolute atomic E-state index is 0.0102. The van der Waals surface area contributed by atoms with Crippen molar-refractivity contribution in [1.29, 1.82) is 0 Å². The van der Waals surface area contributed by atoms with Gasteiger partial charge in [-0.25, -0.2) is 4.79 Å². The number of nitrogens with two attached hydrogens (primary N) is 2. The summed E-state index contributed by atoms with van der Waals surface area (Å²) in [5.74, 6) is -3.34. The number of primary amides is 1. The minimum Gasteiger partial charge on any atom is -0.508 e. The summed E-state index contributed by atoms with van der Waals surface area (Å²) in [6, 6.07) is 2.65. The number of phenolic OH excluding ortho intramolecular Hbond substituents is 1. The molecule has 9 N–H and O–H groups in total. The van der Waals surface area contributed by atoms with Crippen LogP contribution in [0.15, 0.2) is 24.3 Å². The standard InChI is InChI=1S/C21H31N5O7S/c1-34-9-8-15(21(32)33)25-18(29)11-24-20(31)16(10-12-2-4-13(27)5-3-12)26-19(30)14(22)6-7-17(23)28/h2-5,14-16,27H,6-11,22H2,1H3,(H2,23,28)(H,24,31)(H,25,29)(H,26,30)(H,32,33). The van der Waals surface area contributed by atoms with E-state index in [2.05, 4.69) is 16.0 Å². The van der Waals surface area contributed by atoms with Crippen LogP contribution in [0, 0.1) is 0 Å². The second-order valence-corrected chi connectivity index (χ2v) is 8.49. The zero-order chi connectivity index (χ0) is 25.7. The molecule has 1 aromatic carbocycles. The van der Waals surface area contributed by atoms with Crippen LogP contribution in [0.3, 0.4) is 0 Å². The van der Waals surface area contributed by atoms with Gasteiger partial charge in [0.25, 0.3) is 0 Å². The third-order valence-corrected chi connectivity index (χ3v) is 5.36. The Kier molecular flexibility index (Phi) is 12.5. The number of aromatic hydroxyl groups is 1. The van der Waals surface area contributed by atoms with Gasteiger partial charge in [0.15, 0.2) is 0 Å². The summed E-state index contributed by atoms with van der Waals surface area (Å²) in [5.41, 5.74) is 11.4. The number of rotatable bonds is 15. The molecule has 0 spiro atoms. The van der Waals surface area contributed by atoms with Crippen LogP contribution < -0.4 is 27.4 Å². The van der Waals surface area contributed by atoms with Crippen molar-refractivity contribution in [3.05, 3.63) is 29.8 Å². The maximum Gasteiger partial charge on any atom is 0.326 e. The number of benzene rings is 1. The van der Waals surface area contributed by atoms with Crippen molar-refractivity contribution in [2.45, 2.75) is 43.8 Å². The topological polar surface area (TPSA) is 214 Å². The van der Waals surface area contributed by atoms with Crippen molar-refractivity contribution >= 4 is 41.4 Å². The van der Waals surface area contributed by atoms with Gasteiger partial charge in [-0.3, -0.25) is 19.2 Å². The number of aliphatic carboxylic acids is 1. The molecule has 188 valence electrons. The molecule has 34 heavy (non-hydrogen) atoms. The van der Waals surface area contributed by atoms with Gasteiger partial charge in [0.1, 0.15) is 17.8 Å². The summed E-state index contributed by atoms with van der Waals surface area (Å²) in [6.45, 7) is -0.502. The molecule has 0 fully saturated rings. The lowest BCUT2D eigenvalue weighted by molar-refractivity contribution is -0.141. The predicted molar refractivity (Wildman–Crippen MR) is 126 cm³/mol. The van der Waals surface area contributed by atoms with E-state index in [0.29, 0.717) is 11.3 Å². The first-order valence-corrected chi connectivity index (χ1v) is 11.8. The monoisotopic (exact) mass is 497 g/mol. The molecule has 0 radical (unpaired) electrons. The average Bonchev–Trinajstić information content (AvgIpc) is 2.79. The zero-order valence-corrected chi connectivity index (χ0v) is 19.6. The third-order valence-electron chi connectivity index (χ3n) is 4.71.